The van der Waals surface area contributed by atoms with Crippen molar-refractivity contribution in [3.05, 3.63) is 64.1 Å². The molecule has 0 bridgehead atoms. The minimum absolute atomic E-state index is 0.205. The average Bonchev–Trinajstić information content (AvgIpc) is 2.81. The van der Waals surface area contributed by atoms with Gasteiger partial charge in [0, 0.05) is 15.6 Å². The number of halogens is 1. The first-order valence-corrected chi connectivity index (χ1v) is 6.99. The molecule has 2 N–H and O–H groups in total. The summed E-state index contributed by atoms with van der Waals surface area (Å²) in [7, 11) is 0. The smallest absolute Gasteiger partial charge is 0.276 e. The predicted octanol–water partition coefficient (Wildman–Crippen LogP) is 2.54. The molecule has 6 heteroatoms. The van der Waals surface area contributed by atoms with Crippen molar-refractivity contribution in [2.24, 2.45) is 5.10 Å². The average molecular weight is 344 g/mol. The lowest BCUT2D eigenvalue weighted by Gasteiger charge is -2.01. The maximum absolute atomic E-state index is 12.0. The molecule has 21 heavy (non-hydrogen) atoms. The molecule has 5 nitrogen and oxygen atoms in total. The quantitative estimate of drug-likeness (QED) is 0.822. The van der Waals surface area contributed by atoms with E-state index < -0.39 is 0 Å². The van der Waals surface area contributed by atoms with Crippen LogP contribution in [0.3, 0.4) is 0 Å². The minimum Gasteiger partial charge on any atom is -0.320 e. The summed E-state index contributed by atoms with van der Waals surface area (Å²) in [5.41, 5.74) is 4.45. The van der Waals surface area contributed by atoms with Gasteiger partial charge in [-0.15, -0.1) is 0 Å². The first-order valence-electron chi connectivity index (χ1n) is 6.19. The van der Waals surface area contributed by atoms with Crippen LogP contribution >= 0.6 is 15.9 Å². The Morgan fingerprint density at radius 3 is 2.57 bits per heavy atom. The number of amides is 2. The summed E-state index contributed by atoms with van der Waals surface area (Å²) in [5, 5.41) is 6.63. The Kier molecular flexibility index (Phi) is 3.53. The van der Waals surface area contributed by atoms with Crippen LogP contribution in [0.1, 0.15) is 15.9 Å². The lowest BCUT2D eigenvalue weighted by atomic mass is 10.1. The Hall–Kier alpha value is -2.47. The van der Waals surface area contributed by atoms with Gasteiger partial charge in [-0.25, -0.2) is 5.43 Å². The zero-order valence-electron chi connectivity index (χ0n) is 10.8. The lowest BCUT2D eigenvalue weighted by molar-refractivity contribution is -0.110. The van der Waals surface area contributed by atoms with E-state index in [0.29, 0.717) is 16.8 Å². The van der Waals surface area contributed by atoms with Crippen LogP contribution in [0.15, 0.2) is 58.1 Å². The Labute approximate surface area is 129 Å². The molecule has 0 saturated heterocycles. The van der Waals surface area contributed by atoms with E-state index >= 15 is 0 Å². The Bertz CT molecular complexity index is 754. The summed E-state index contributed by atoms with van der Waals surface area (Å²) in [6.07, 6.45) is 0. The third-order valence-corrected chi connectivity index (χ3v) is 3.55. The van der Waals surface area contributed by atoms with Gasteiger partial charge >= 0.3 is 0 Å². The summed E-state index contributed by atoms with van der Waals surface area (Å²) in [5.74, 6) is -0.695. The van der Waals surface area contributed by atoms with Crippen molar-refractivity contribution in [1.29, 1.82) is 0 Å². The summed E-state index contributed by atoms with van der Waals surface area (Å²) in [6, 6.07) is 14.1. The second-order valence-electron chi connectivity index (χ2n) is 4.41. The minimum atomic E-state index is -0.368. The van der Waals surface area contributed by atoms with Gasteiger partial charge < -0.3 is 5.32 Å². The van der Waals surface area contributed by atoms with Gasteiger partial charge in [-0.1, -0.05) is 34.1 Å². The van der Waals surface area contributed by atoms with Crippen LogP contribution < -0.4 is 10.7 Å². The maximum atomic E-state index is 12.0. The highest BCUT2D eigenvalue weighted by Gasteiger charge is 2.25. The van der Waals surface area contributed by atoms with Gasteiger partial charge in [0.1, 0.15) is 0 Å². The topological polar surface area (TPSA) is 70.6 Å². The second kappa shape index (κ2) is 5.49. The molecular formula is C15H10BrN3O2. The van der Waals surface area contributed by atoms with Crippen LogP contribution in [-0.4, -0.2) is 17.5 Å². The standard InChI is InChI=1S/C15H10BrN3O2/c16-10-7-5-9(6-8-10)14(20)19-18-13-11-3-1-2-4-12(11)17-15(13)21/h1-8H,(H,19,20)(H,17,18,21). The molecule has 0 unspecified atom stereocenters. The number of fused-ring (bicyclic) bond motifs is 1. The monoisotopic (exact) mass is 343 g/mol. The van der Waals surface area contributed by atoms with Crippen molar-refractivity contribution in [1.82, 2.24) is 5.43 Å². The van der Waals surface area contributed by atoms with Crippen LogP contribution in [0.4, 0.5) is 5.69 Å². The van der Waals surface area contributed by atoms with Crippen LogP contribution in [0.2, 0.25) is 0 Å². The Morgan fingerprint density at radius 2 is 1.81 bits per heavy atom. The highest BCUT2D eigenvalue weighted by molar-refractivity contribution is 9.10. The van der Waals surface area contributed by atoms with Crippen LogP contribution in [0.5, 0.6) is 0 Å². The van der Waals surface area contributed by atoms with Crippen molar-refractivity contribution in [2.45, 2.75) is 0 Å². The predicted molar refractivity (Wildman–Crippen MR) is 83.2 cm³/mol. The normalized spacial score (nSPS) is 14.7. The number of carbonyl (C=O) groups is 2. The third kappa shape index (κ3) is 2.71. The molecule has 1 aliphatic rings. The third-order valence-electron chi connectivity index (χ3n) is 3.02. The first kappa shape index (κ1) is 13.5. The zero-order chi connectivity index (χ0) is 14.8. The van der Waals surface area contributed by atoms with E-state index in [1.807, 2.05) is 12.1 Å². The van der Waals surface area contributed by atoms with Crippen molar-refractivity contribution in [3.8, 4) is 0 Å². The number of anilines is 1. The number of carbonyl (C=O) groups excluding carboxylic acids is 2. The molecule has 2 aromatic carbocycles. The van der Waals surface area contributed by atoms with Gasteiger partial charge in [0.25, 0.3) is 11.8 Å². The van der Waals surface area contributed by atoms with Gasteiger partial charge in [0.15, 0.2) is 5.71 Å². The second-order valence-corrected chi connectivity index (χ2v) is 5.32. The van der Waals surface area contributed by atoms with E-state index in [4.69, 9.17) is 0 Å². The van der Waals surface area contributed by atoms with Crippen molar-refractivity contribution < 1.29 is 9.59 Å². The number of hydrogen-bond acceptors (Lipinski definition) is 3. The molecule has 0 saturated carbocycles. The molecule has 0 atom stereocenters. The molecule has 2 amide bonds. The van der Waals surface area contributed by atoms with Crippen LogP contribution in [0.25, 0.3) is 0 Å². The fourth-order valence-electron chi connectivity index (χ4n) is 1.99. The highest BCUT2D eigenvalue weighted by atomic mass is 79.9. The molecular weight excluding hydrogens is 334 g/mol. The summed E-state index contributed by atoms with van der Waals surface area (Å²) in [4.78, 5) is 23.8. The molecule has 3 rings (SSSR count). The van der Waals surface area contributed by atoms with E-state index in [1.165, 1.54) is 0 Å². The summed E-state index contributed by atoms with van der Waals surface area (Å²) < 4.78 is 0.884. The molecule has 2 aromatic rings. The van der Waals surface area contributed by atoms with E-state index in [2.05, 4.69) is 31.8 Å². The van der Waals surface area contributed by atoms with Crippen LogP contribution in [0, 0.1) is 0 Å². The van der Waals surface area contributed by atoms with Crippen LogP contribution in [-0.2, 0) is 4.79 Å². The summed E-state index contributed by atoms with van der Waals surface area (Å²) in [6.45, 7) is 0. The Morgan fingerprint density at radius 1 is 1.10 bits per heavy atom. The number of para-hydroxylation sites is 1. The van der Waals surface area contributed by atoms with Gasteiger partial charge in [-0.2, -0.15) is 5.10 Å². The molecule has 0 fully saturated rings. The number of hydrogen-bond donors (Lipinski definition) is 2. The number of nitrogens with one attached hydrogen (secondary N) is 2. The SMILES string of the molecule is O=C1Nc2ccccc2/C1=N\NC(=O)c1ccc(Br)cc1. The lowest BCUT2D eigenvalue weighted by Crippen LogP contribution is -2.23. The highest BCUT2D eigenvalue weighted by Crippen LogP contribution is 2.22. The number of rotatable bonds is 2. The van der Waals surface area contributed by atoms with E-state index in [-0.39, 0.29) is 17.5 Å². The fraction of sp³-hybridized carbons (Fsp3) is 0. The molecule has 0 spiro atoms. The fourth-order valence-corrected chi connectivity index (χ4v) is 2.25. The molecule has 0 aliphatic carbocycles. The largest absolute Gasteiger partial charge is 0.320 e. The maximum Gasteiger partial charge on any atom is 0.276 e. The van der Waals surface area contributed by atoms with Crippen molar-refractivity contribution >= 4 is 39.1 Å². The van der Waals surface area contributed by atoms with Gasteiger partial charge in [0.2, 0.25) is 0 Å². The number of benzene rings is 2. The van der Waals surface area contributed by atoms with E-state index in [0.717, 1.165) is 4.47 Å². The molecule has 1 aliphatic heterocycles. The summed E-state index contributed by atoms with van der Waals surface area (Å²) >= 11 is 3.30. The number of hydrazone groups is 1. The molecule has 104 valence electrons. The van der Waals surface area contributed by atoms with E-state index in [1.54, 1.807) is 36.4 Å². The van der Waals surface area contributed by atoms with Gasteiger partial charge in [0.05, 0.1) is 5.69 Å². The van der Waals surface area contributed by atoms with Gasteiger partial charge in [-0.05, 0) is 30.3 Å². The first-order chi connectivity index (χ1) is 10.1. The van der Waals surface area contributed by atoms with Crippen molar-refractivity contribution in [3.63, 3.8) is 0 Å². The zero-order valence-corrected chi connectivity index (χ0v) is 12.3. The molecule has 1 heterocycles. The Balaban J connectivity index is 1.82. The van der Waals surface area contributed by atoms with E-state index in [9.17, 15) is 9.59 Å². The van der Waals surface area contributed by atoms with Crippen molar-refractivity contribution in [2.75, 3.05) is 5.32 Å². The molecule has 0 aromatic heterocycles. The molecule has 0 radical (unpaired) electrons. The number of nitrogens with zero attached hydrogens (tertiary/aromatic N) is 1. The van der Waals surface area contributed by atoms with Gasteiger partial charge in [-0.3, -0.25) is 9.59 Å².